The Balaban J connectivity index is 1.05. The number of ether oxygens (including phenoxy) is 2. The molecular formula is C62H57BF2N2O4. The maximum absolute atomic E-state index is 17.0. The molecule has 356 valence electrons. The standard InChI is InChI=1S/C62H57BF2N2O4/c1-58(2)59(3,4)69-57(68-58)43-27-31-45(32-28-43)66(55-25-17-15-23-49(55)41-19-11-9-12-20-41)47-35-37-53-51(39-47)52-40-48(36-38-54(52)62(53,64)65)67(56-26-18-16-24-50(56)42-21-13-10-14-22-42)46-33-29-44(30-34-46)63-70-60(5,6)61(7,8)71-63/h9-40,57H,1-8H3. The molecule has 1 aliphatic carbocycles. The molecule has 0 bridgehead atoms. The van der Waals surface area contributed by atoms with Crippen LogP contribution in [0.1, 0.15) is 78.4 Å². The molecule has 6 nitrogen and oxygen atoms in total. The van der Waals surface area contributed by atoms with E-state index >= 15 is 8.78 Å². The normalized spacial score (nSPS) is 18.0. The van der Waals surface area contributed by atoms with Crippen molar-refractivity contribution in [3.05, 3.63) is 211 Å². The molecule has 2 aliphatic heterocycles. The van der Waals surface area contributed by atoms with Crippen molar-refractivity contribution in [2.75, 3.05) is 9.80 Å². The molecule has 8 aromatic carbocycles. The second-order valence-electron chi connectivity index (χ2n) is 20.8. The molecule has 2 fully saturated rings. The first kappa shape index (κ1) is 46.5. The van der Waals surface area contributed by atoms with Crippen LogP contribution in [-0.2, 0) is 24.7 Å². The van der Waals surface area contributed by atoms with Gasteiger partial charge in [0.15, 0.2) is 6.29 Å². The van der Waals surface area contributed by atoms with E-state index in [9.17, 15) is 0 Å². The van der Waals surface area contributed by atoms with Crippen molar-refractivity contribution in [3.63, 3.8) is 0 Å². The van der Waals surface area contributed by atoms with Gasteiger partial charge in [0.2, 0.25) is 0 Å². The highest BCUT2D eigenvalue weighted by molar-refractivity contribution is 6.62. The van der Waals surface area contributed by atoms with E-state index < -0.39 is 41.7 Å². The molecule has 71 heavy (non-hydrogen) atoms. The predicted octanol–water partition coefficient (Wildman–Crippen LogP) is 16.0. The number of hydrogen-bond acceptors (Lipinski definition) is 6. The lowest BCUT2D eigenvalue weighted by atomic mass is 9.79. The average Bonchev–Trinajstić information content (AvgIpc) is 3.84. The van der Waals surface area contributed by atoms with E-state index in [1.165, 1.54) is 0 Å². The molecule has 0 N–H and O–H groups in total. The minimum absolute atomic E-state index is 0.0381. The lowest BCUT2D eigenvalue weighted by molar-refractivity contribution is -0.0895. The van der Waals surface area contributed by atoms with Gasteiger partial charge in [-0.25, -0.2) is 0 Å². The second kappa shape index (κ2) is 17.2. The third-order valence-corrected chi connectivity index (χ3v) is 15.3. The number of rotatable bonds is 10. The van der Waals surface area contributed by atoms with Gasteiger partial charge >= 0.3 is 7.12 Å². The Bertz CT molecular complexity index is 3020. The van der Waals surface area contributed by atoms with Crippen molar-refractivity contribution in [1.29, 1.82) is 0 Å². The van der Waals surface area contributed by atoms with Crippen LogP contribution in [0.3, 0.4) is 0 Å². The quantitative estimate of drug-likeness (QED) is 0.127. The molecular weight excluding hydrogens is 885 g/mol. The van der Waals surface area contributed by atoms with Crippen molar-refractivity contribution in [3.8, 4) is 33.4 Å². The van der Waals surface area contributed by atoms with E-state index in [2.05, 4.69) is 82.6 Å². The van der Waals surface area contributed by atoms with Crippen molar-refractivity contribution in [1.82, 2.24) is 0 Å². The maximum Gasteiger partial charge on any atom is 0.494 e. The summed E-state index contributed by atoms with van der Waals surface area (Å²) in [7, 11) is -0.542. The fourth-order valence-corrected chi connectivity index (χ4v) is 9.92. The van der Waals surface area contributed by atoms with Gasteiger partial charge in [-0.1, -0.05) is 121 Å². The van der Waals surface area contributed by atoms with Gasteiger partial charge in [-0.15, -0.1) is 0 Å². The molecule has 11 rings (SSSR count). The third kappa shape index (κ3) is 8.05. The minimum Gasteiger partial charge on any atom is -0.399 e. The van der Waals surface area contributed by atoms with Crippen LogP contribution < -0.4 is 15.3 Å². The summed E-state index contributed by atoms with van der Waals surface area (Å²) in [5.74, 6) is -3.24. The lowest BCUT2D eigenvalue weighted by Gasteiger charge is -2.32. The summed E-state index contributed by atoms with van der Waals surface area (Å²) in [6.07, 6.45) is -0.542. The molecule has 0 unspecified atom stereocenters. The highest BCUT2D eigenvalue weighted by atomic mass is 19.3. The second-order valence-corrected chi connectivity index (χ2v) is 20.8. The number of anilines is 6. The van der Waals surface area contributed by atoms with Gasteiger partial charge in [-0.05, 0) is 156 Å². The summed E-state index contributed by atoms with van der Waals surface area (Å²) >= 11 is 0. The van der Waals surface area contributed by atoms with Crippen LogP contribution >= 0.6 is 0 Å². The maximum atomic E-state index is 17.0. The number of fused-ring (bicyclic) bond motifs is 3. The van der Waals surface area contributed by atoms with Gasteiger partial charge in [0.1, 0.15) is 0 Å². The van der Waals surface area contributed by atoms with Gasteiger partial charge < -0.3 is 28.6 Å². The SMILES string of the molecule is CC1(C)OB(c2ccc(N(c3ccc4c(c3)-c3cc(N(c5ccc(C6OC(C)(C)C(C)(C)O6)cc5)c5ccccc5-c5ccccc5)ccc3C4(F)F)c3ccccc3-c3ccccc3)cc2)OC1(C)C. The number of benzene rings is 8. The highest BCUT2D eigenvalue weighted by Crippen LogP contribution is 2.55. The first-order valence-electron chi connectivity index (χ1n) is 24.4. The van der Waals surface area contributed by atoms with Crippen LogP contribution in [0.2, 0.25) is 0 Å². The van der Waals surface area contributed by atoms with Crippen LogP contribution in [0.5, 0.6) is 0 Å². The summed E-state index contributed by atoms with van der Waals surface area (Å²) in [6, 6.07) is 63.9. The molecule has 0 atom stereocenters. The highest BCUT2D eigenvalue weighted by Gasteiger charge is 2.52. The monoisotopic (exact) mass is 942 g/mol. The molecule has 9 heteroatoms. The van der Waals surface area contributed by atoms with Crippen molar-refractivity contribution < 1.29 is 27.6 Å². The Morgan fingerprint density at radius 1 is 0.394 bits per heavy atom. The van der Waals surface area contributed by atoms with Crippen molar-refractivity contribution >= 4 is 46.7 Å². The van der Waals surface area contributed by atoms with E-state index in [0.29, 0.717) is 11.1 Å². The number of halogens is 2. The van der Waals surface area contributed by atoms with Crippen molar-refractivity contribution in [2.24, 2.45) is 0 Å². The molecule has 2 saturated heterocycles. The largest absolute Gasteiger partial charge is 0.494 e. The lowest BCUT2D eigenvalue weighted by Crippen LogP contribution is -2.41. The Hall–Kier alpha value is -6.88. The van der Waals surface area contributed by atoms with Crippen LogP contribution in [-0.4, -0.2) is 29.5 Å². The molecule has 0 radical (unpaired) electrons. The number of hydrogen-bond donors (Lipinski definition) is 0. The predicted molar refractivity (Wildman–Crippen MR) is 284 cm³/mol. The molecule has 2 heterocycles. The summed E-state index contributed by atoms with van der Waals surface area (Å²) in [5.41, 5.74) is 9.64. The zero-order valence-corrected chi connectivity index (χ0v) is 41.4. The van der Waals surface area contributed by atoms with E-state index in [1.807, 2.05) is 165 Å². The zero-order valence-electron chi connectivity index (χ0n) is 41.4. The van der Waals surface area contributed by atoms with Crippen LogP contribution in [0, 0.1) is 0 Å². The molecule has 0 saturated carbocycles. The smallest absolute Gasteiger partial charge is 0.399 e. The number of alkyl halides is 2. The summed E-state index contributed by atoms with van der Waals surface area (Å²) in [5, 5.41) is 0. The summed E-state index contributed by atoms with van der Waals surface area (Å²) in [6.45, 7) is 16.4. The molecule has 3 aliphatic rings. The van der Waals surface area contributed by atoms with E-state index in [1.54, 1.807) is 12.1 Å². The van der Waals surface area contributed by atoms with Gasteiger partial charge in [0, 0.05) is 50.6 Å². The van der Waals surface area contributed by atoms with Crippen molar-refractivity contribution in [2.45, 2.75) is 90.0 Å². The molecule has 0 spiro atoms. The molecule has 8 aromatic rings. The minimum atomic E-state index is -3.24. The first-order chi connectivity index (χ1) is 33.9. The van der Waals surface area contributed by atoms with E-state index in [-0.39, 0.29) is 11.1 Å². The fourth-order valence-electron chi connectivity index (χ4n) is 9.92. The van der Waals surface area contributed by atoms with Crippen LogP contribution in [0.15, 0.2) is 194 Å². The topological polar surface area (TPSA) is 43.4 Å². The van der Waals surface area contributed by atoms with Crippen LogP contribution in [0.25, 0.3) is 33.4 Å². The molecule has 0 amide bonds. The molecule has 0 aromatic heterocycles. The van der Waals surface area contributed by atoms with E-state index in [4.69, 9.17) is 18.8 Å². The van der Waals surface area contributed by atoms with Crippen LogP contribution in [0.4, 0.5) is 42.9 Å². The Kier molecular flexibility index (Phi) is 11.2. The first-order valence-corrected chi connectivity index (χ1v) is 24.4. The number of nitrogens with zero attached hydrogens (tertiary/aromatic N) is 2. The Morgan fingerprint density at radius 3 is 1.21 bits per heavy atom. The Labute approximate surface area is 416 Å². The van der Waals surface area contributed by atoms with Gasteiger partial charge in [-0.3, -0.25) is 0 Å². The van der Waals surface area contributed by atoms with Gasteiger partial charge in [0.25, 0.3) is 5.92 Å². The van der Waals surface area contributed by atoms with Gasteiger partial charge in [0.05, 0.1) is 33.8 Å². The Morgan fingerprint density at radius 2 is 0.775 bits per heavy atom. The van der Waals surface area contributed by atoms with E-state index in [0.717, 1.165) is 67.4 Å². The summed E-state index contributed by atoms with van der Waals surface area (Å²) in [4.78, 5) is 4.31. The van der Waals surface area contributed by atoms with Gasteiger partial charge in [-0.2, -0.15) is 8.78 Å². The zero-order chi connectivity index (χ0) is 49.5. The number of para-hydroxylation sites is 2. The third-order valence-electron chi connectivity index (χ3n) is 15.3. The summed E-state index contributed by atoms with van der Waals surface area (Å²) < 4.78 is 59.7. The fraction of sp³-hybridized carbons (Fsp3) is 0.226. The average molecular weight is 943 g/mol.